The lowest BCUT2D eigenvalue weighted by Crippen LogP contribution is -2.25. The van der Waals surface area contributed by atoms with Gasteiger partial charge in [-0.25, -0.2) is 4.98 Å². The van der Waals surface area contributed by atoms with Gasteiger partial charge in [0.05, 0.1) is 6.42 Å². The summed E-state index contributed by atoms with van der Waals surface area (Å²) in [6, 6.07) is 3.86. The fourth-order valence-corrected chi connectivity index (χ4v) is 4.33. The number of pyridine rings is 1. The second kappa shape index (κ2) is 10.9. The summed E-state index contributed by atoms with van der Waals surface area (Å²) in [6.45, 7) is 5.66. The number of ether oxygens (including phenoxy) is 1. The first-order valence-corrected chi connectivity index (χ1v) is 11.9. The molecule has 1 saturated carbocycles. The van der Waals surface area contributed by atoms with E-state index in [1.807, 2.05) is 51.9 Å². The van der Waals surface area contributed by atoms with Gasteiger partial charge in [0, 0.05) is 31.8 Å². The molecular weight excluding hydrogens is 404 g/mol. The zero-order chi connectivity index (χ0) is 23.1. The molecule has 176 valence electrons. The minimum atomic E-state index is -0.510. The monoisotopic (exact) mass is 442 g/mol. The van der Waals surface area contributed by atoms with E-state index in [-0.39, 0.29) is 18.3 Å². The first-order chi connectivity index (χ1) is 15.2. The van der Waals surface area contributed by atoms with Gasteiger partial charge in [0.2, 0.25) is 11.7 Å². The van der Waals surface area contributed by atoms with Gasteiger partial charge in [0.15, 0.2) is 0 Å². The van der Waals surface area contributed by atoms with Crippen molar-refractivity contribution in [2.75, 3.05) is 19.0 Å². The summed E-state index contributed by atoms with van der Waals surface area (Å²) in [5.41, 5.74) is 0.285. The maximum Gasteiger partial charge on any atom is 0.307 e. The van der Waals surface area contributed by atoms with Crippen molar-refractivity contribution in [3.05, 3.63) is 24.2 Å². The standard InChI is InChI=1S/C25H38N4O3/c1-25(2,3)31-22(30)16-19(13-9-12-18-10-7-6-8-11-18)24-27-23(28-32-24)20-14-15-21(26-17-20)29(4)5/h14-15,17-19H,6-13,16H2,1-5H3/t19-/m1/s1. The van der Waals surface area contributed by atoms with E-state index in [0.29, 0.717) is 11.7 Å². The lowest BCUT2D eigenvalue weighted by Gasteiger charge is -2.23. The fourth-order valence-electron chi connectivity index (χ4n) is 4.33. The van der Waals surface area contributed by atoms with E-state index in [1.54, 1.807) is 6.20 Å². The summed E-state index contributed by atoms with van der Waals surface area (Å²) in [5, 5.41) is 4.17. The number of hydrogen-bond donors (Lipinski definition) is 0. The number of aromatic nitrogens is 3. The molecule has 1 fully saturated rings. The molecule has 0 spiro atoms. The third-order valence-corrected chi connectivity index (χ3v) is 5.98. The van der Waals surface area contributed by atoms with E-state index in [4.69, 9.17) is 9.26 Å². The van der Waals surface area contributed by atoms with Gasteiger partial charge < -0.3 is 14.2 Å². The van der Waals surface area contributed by atoms with Crippen LogP contribution in [0.4, 0.5) is 5.82 Å². The summed E-state index contributed by atoms with van der Waals surface area (Å²) >= 11 is 0. The van der Waals surface area contributed by atoms with Crippen molar-refractivity contribution in [1.82, 2.24) is 15.1 Å². The number of rotatable bonds is 9. The molecule has 1 atom stereocenters. The van der Waals surface area contributed by atoms with Gasteiger partial charge in [0.25, 0.3) is 0 Å². The van der Waals surface area contributed by atoms with Crippen molar-refractivity contribution in [2.45, 2.75) is 90.1 Å². The Bertz CT molecular complexity index is 849. The van der Waals surface area contributed by atoms with Crippen molar-refractivity contribution < 1.29 is 14.1 Å². The zero-order valence-electron chi connectivity index (χ0n) is 20.3. The van der Waals surface area contributed by atoms with E-state index in [0.717, 1.165) is 30.1 Å². The first-order valence-electron chi connectivity index (χ1n) is 11.9. The van der Waals surface area contributed by atoms with Crippen molar-refractivity contribution in [2.24, 2.45) is 5.92 Å². The van der Waals surface area contributed by atoms with Crippen LogP contribution < -0.4 is 4.90 Å². The maximum absolute atomic E-state index is 12.6. The van der Waals surface area contributed by atoms with Crippen LogP contribution in [0.15, 0.2) is 22.9 Å². The summed E-state index contributed by atoms with van der Waals surface area (Å²) in [4.78, 5) is 23.6. The van der Waals surface area contributed by atoms with Gasteiger partial charge in [-0.05, 0) is 45.2 Å². The average Bonchev–Trinajstić information content (AvgIpc) is 3.23. The highest BCUT2D eigenvalue weighted by Crippen LogP contribution is 2.32. The topological polar surface area (TPSA) is 81.4 Å². The Labute approximate surface area is 191 Å². The van der Waals surface area contributed by atoms with Crippen LogP contribution in [-0.2, 0) is 9.53 Å². The average molecular weight is 443 g/mol. The second-order valence-electron chi connectivity index (χ2n) is 10.2. The van der Waals surface area contributed by atoms with Gasteiger partial charge in [-0.1, -0.05) is 50.1 Å². The van der Waals surface area contributed by atoms with E-state index < -0.39 is 5.60 Å². The summed E-state index contributed by atoms with van der Waals surface area (Å²) < 4.78 is 11.2. The minimum absolute atomic E-state index is 0.135. The SMILES string of the molecule is CN(C)c1ccc(-c2noc([C@H](CCCC3CCCCC3)CC(=O)OC(C)(C)C)n2)cn1. The van der Waals surface area contributed by atoms with Gasteiger partial charge in [-0.15, -0.1) is 0 Å². The Morgan fingerprint density at radius 3 is 2.59 bits per heavy atom. The smallest absolute Gasteiger partial charge is 0.307 e. The van der Waals surface area contributed by atoms with Crippen LogP contribution in [0.25, 0.3) is 11.4 Å². The summed E-state index contributed by atoms with van der Waals surface area (Å²) in [5.74, 6) is 2.32. The molecule has 0 saturated heterocycles. The van der Waals surface area contributed by atoms with Crippen LogP contribution in [-0.4, -0.2) is 40.8 Å². The summed E-state index contributed by atoms with van der Waals surface area (Å²) in [7, 11) is 3.89. The van der Waals surface area contributed by atoms with Crippen LogP contribution in [0.5, 0.6) is 0 Å². The minimum Gasteiger partial charge on any atom is -0.460 e. The molecule has 2 heterocycles. The van der Waals surface area contributed by atoms with Crippen LogP contribution in [0.2, 0.25) is 0 Å². The molecule has 1 aliphatic carbocycles. The molecule has 7 heteroatoms. The molecule has 3 rings (SSSR count). The largest absolute Gasteiger partial charge is 0.460 e. The molecule has 0 aromatic carbocycles. The van der Waals surface area contributed by atoms with E-state index in [2.05, 4.69) is 15.1 Å². The summed E-state index contributed by atoms with van der Waals surface area (Å²) in [6.07, 6.45) is 11.8. The molecule has 0 aliphatic heterocycles. The lowest BCUT2D eigenvalue weighted by molar-refractivity contribution is -0.155. The highest BCUT2D eigenvalue weighted by molar-refractivity contribution is 5.70. The fraction of sp³-hybridized carbons (Fsp3) is 0.680. The Kier molecular flexibility index (Phi) is 8.26. The van der Waals surface area contributed by atoms with Crippen LogP contribution in [0, 0.1) is 5.92 Å². The van der Waals surface area contributed by atoms with E-state index in [9.17, 15) is 4.79 Å². The molecule has 0 amide bonds. The Hall–Kier alpha value is -2.44. The number of anilines is 1. The molecule has 0 unspecified atom stereocenters. The van der Waals surface area contributed by atoms with Gasteiger partial charge >= 0.3 is 5.97 Å². The molecule has 1 aliphatic rings. The van der Waals surface area contributed by atoms with E-state index in [1.165, 1.54) is 38.5 Å². The van der Waals surface area contributed by atoms with Gasteiger partial charge in [-0.2, -0.15) is 4.98 Å². The van der Waals surface area contributed by atoms with Crippen molar-refractivity contribution in [3.8, 4) is 11.4 Å². The number of nitrogens with zero attached hydrogens (tertiary/aromatic N) is 4. The number of carbonyl (C=O) groups excluding carboxylic acids is 1. The zero-order valence-corrected chi connectivity index (χ0v) is 20.3. The number of carbonyl (C=O) groups is 1. The predicted molar refractivity (Wildman–Crippen MR) is 125 cm³/mol. The van der Waals surface area contributed by atoms with Crippen LogP contribution in [0.1, 0.15) is 90.4 Å². The number of esters is 1. The van der Waals surface area contributed by atoms with E-state index >= 15 is 0 Å². The quantitative estimate of drug-likeness (QED) is 0.456. The molecule has 2 aromatic heterocycles. The van der Waals surface area contributed by atoms with Crippen LogP contribution in [0.3, 0.4) is 0 Å². The molecule has 0 N–H and O–H groups in total. The highest BCUT2D eigenvalue weighted by atomic mass is 16.6. The second-order valence-corrected chi connectivity index (χ2v) is 10.2. The lowest BCUT2D eigenvalue weighted by atomic mass is 9.84. The number of hydrogen-bond acceptors (Lipinski definition) is 7. The van der Waals surface area contributed by atoms with Gasteiger partial charge in [-0.3, -0.25) is 4.79 Å². The van der Waals surface area contributed by atoms with Crippen molar-refractivity contribution in [3.63, 3.8) is 0 Å². The molecule has 0 radical (unpaired) electrons. The predicted octanol–water partition coefficient (Wildman–Crippen LogP) is 5.76. The molecule has 32 heavy (non-hydrogen) atoms. The molecular formula is C25H38N4O3. The third-order valence-electron chi connectivity index (χ3n) is 5.98. The van der Waals surface area contributed by atoms with Gasteiger partial charge in [0.1, 0.15) is 11.4 Å². The van der Waals surface area contributed by atoms with Crippen LogP contribution >= 0.6 is 0 Å². The third kappa shape index (κ3) is 7.31. The molecule has 0 bridgehead atoms. The Morgan fingerprint density at radius 2 is 1.97 bits per heavy atom. The Morgan fingerprint density at radius 1 is 1.22 bits per heavy atom. The Balaban J connectivity index is 1.69. The van der Waals surface area contributed by atoms with Crippen molar-refractivity contribution in [1.29, 1.82) is 0 Å². The maximum atomic E-state index is 12.6. The molecule has 2 aromatic rings. The molecule has 7 nitrogen and oxygen atoms in total. The first kappa shape index (κ1) is 24.2. The normalized spacial score (nSPS) is 16.0. The highest BCUT2D eigenvalue weighted by Gasteiger charge is 2.26. The van der Waals surface area contributed by atoms with Crippen molar-refractivity contribution >= 4 is 11.8 Å².